The smallest absolute Gasteiger partial charge is 0.293 e. The molecule has 46 heavy (non-hydrogen) atoms. The molecule has 4 aliphatic rings. The Kier molecular flexibility index (Phi) is 8.85. The van der Waals surface area contributed by atoms with E-state index in [1.54, 1.807) is 24.3 Å². The summed E-state index contributed by atoms with van der Waals surface area (Å²) in [7, 11) is -4.35. The zero-order valence-corrected chi connectivity index (χ0v) is 27.6. The quantitative estimate of drug-likeness (QED) is 0.151. The minimum absolute atomic E-state index is 0.166. The number of amides is 1. The van der Waals surface area contributed by atoms with E-state index in [4.69, 9.17) is 0 Å². The number of fused-ring (bicyclic) bond motifs is 2. The number of sulfonamides is 1. The van der Waals surface area contributed by atoms with Crippen LogP contribution in [0.15, 0.2) is 71.6 Å². The number of anilines is 2. The molecule has 0 saturated heterocycles. The molecule has 4 aliphatic carbocycles. The van der Waals surface area contributed by atoms with Crippen LogP contribution in [0.25, 0.3) is 11.1 Å². The summed E-state index contributed by atoms with van der Waals surface area (Å²) in [4.78, 5) is 23.8. The molecule has 3 aromatic carbocycles. The van der Waals surface area contributed by atoms with Crippen molar-refractivity contribution in [2.45, 2.75) is 76.7 Å². The fourth-order valence-electron chi connectivity index (χ4n) is 8.02. The van der Waals surface area contributed by atoms with Gasteiger partial charge in [0.15, 0.2) is 0 Å². The van der Waals surface area contributed by atoms with Crippen molar-refractivity contribution in [3.05, 3.63) is 82.4 Å². The molecule has 1 amide bonds. The highest BCUT2D eigenvalue weighted by Crippen LogP contribution is 2.61. The third-order valence-electron chi connectivity index (χ3n) is 11.1. The number of nitro benzene ring substituents is 1. The number of hydrogen-bond donors (Lipinski definition) is 3. The first kappa shape index (κ1) is 32.0. The lowest BCUT2D eigenvalue weighted by atomic mass is 9.45. The first-order valence-electron chi connectivity index (χ1n) is 16.5. The molecule has 10 heteroatoms. The van der Waals surface area contributed by atoms with Gasteiger partial charge in [-0.1, -0.05) is 64.3 Å². The number of benzene rings is 3. The molecule has 244 valence electrons. The molecule has 0 unspecified atom stereocenters. The Balaban J connectivity index is 1.10. The number of nitrogens with zero attached hydrogens (tertiary/aromatic N) is 1. The van der Waals surface area contributed by atoms with Crippen LogP contribution in [0.5, 0.6) is 0 Å². The van der Waals surface area contributed by atoms with Crippen LogP contribution in [-0.4, -0.2) is 31.8 Å². The second kappa shape index (κ2) is 12.7. The molecule has 0 aromatic heterocycles. The monoisotopic (exact) mass is 644 g/mol. The first-order chi connectivity index (χ1) is 21.9. The molecular formula is C36H44N4O5S. The summed E-state index contributed by atoms with van der Waals surface area (Å²) < 4.78 is 28.3. The molecule has 0 heterocycles. The van der Waals surface area contributed by atoms with Gasteiger partial charge in [0.25, 0.3) is 21.6 Å². The van der Waals surface area contributed by atoms with E-state index in [1.807, 2.05) is 12.1 Å². The molecule has 4 atom stereocenters. The highest BCUT2D eigenvalue weighted by Gasteiger charge is 2.56. The summed E-state index contributed by atoms with van der Waals surface area (Å²) in [5, 5.41) is 18.7. The van der Waals surface area contributed by atoms with E-state index >= 15 is 0 Å². The van der Waals surface area contributed by atoms with Gasteiger partial charge in [0.2, 0.25) is 0 Å². The Labute approximate surface area is 271 Å². The van der Waals surface area contributed by atoms with Gasteiger partial charge in [0, 0.05) is 29.9 Å². The van der Waals surface area contributed by atoms with Gasteiger partial charge in [-0.3, -0.25) is 14.9 Å². The first-order valence-corrected chi connectivity index (χ1v) is 18.0. The molecule has 0 radical (unpaired) electrons. The summed E-state index contributed by atoms with van der Waals surface area (Å²) in [6, 6.07) is 19.1. The van der Waals surface area contributed by atoms with Gasteiger partial charge in [-0.2, -0.15) is 0 Å². The second-order valence-corrected chi connectivity index (χ2v) is 15.8. The van der Waals surface area contributed by atoms with Gasteiger partial charge in [-0.25, -0.2) is 13.1 Å². The third-order valence-corrected chi connectivity index (χ3v) is 12.4. The number of carbonyl (C=O) groups excluding carboxylic acids is 1. The summed E-state index contributed by atoms with van der Waals surface area (Å²) in [6.45, 7) is 7.76. The predicted molar refractivity (Wildman–Crippen MR) is 181 cm³/mol. The largest absolute Gasteiger partial charge is 0.382 e. The van der Waals surface area contributed by atoms with Crippen LogP contribution in [0, 0.1) is 39.2 Å². The van der Waals surface area contributed by atoms with Crippen LogP contribution in [0.4, 0.5) is 17.1 Å². The minimum atomic E-state index is -4.35. The Morgan fingerprint density at radius 1 is 0.957 bits per heavy atom. The molecule has 0 spiro atoms. The van der Waals surface area contributed by atoms with Crippen molar-refractivity contribution in [2.24, 2.45) is 29.1 Å². The number of nitrogens with one attached hydrogen (secondary N) is 3. The van der Waals surface area contributed by atoms with E-state index in [0.717, 1.165) is 60.4 Å². The van der Waals surface area contributed by atoms with Gasteiger partial charge in [-0.05, 0) is 102 Å². The standard InChI is InChI=1S/C36H44N4O5S/c1-23-31-19-28(36(31,2)3)20-33(23)38-29-11-7-10-27(18-29)25-12-14-26(15-13-25)35(41)39-46(44,45)30-16-17-32(34(21-30)40(42)43)37-22-24-8-5-4-6-9-24/h7,10-18,21,23-24,28,31,33,37-38H,4-6,8-9,19-20,22H2,1-3H3,(H,39,41)/t23-,28+,31+,33+/m1/s1. The molecule has 3 N–H and O–H groups in total. The molecule has 4 saturated carbocycles. The van der Waals surface area contributed by atoms with Crippen LogP contribution in [0.1, 0.15) is 76.1 Å². The fourth-order valence-corrected chi connectivity index (χ4v) is 9.02. The average molecular weight is 645 g/mol. The molecule has 7 rings (SSSR count). The van der Waals surface area contributed by atoms with E-state index in [-0.39, 0.29) is 21.8 Å². The van der Waals surface area contributed by atoms with Crippen molar-refractivity contribution < 1.29 is 18.1 Å². The average Bonchev–Trinajstić information content (AvgIpc) is 3.04. The van der Waals surface area contributed by atoms with Crippen molar-refractivity contribution in [3.8, 4) is 11.1 Å². The van der Waals surface area contributed by atoms with Crippen molar-refractivity contribution in [1.29, 1.82) is 0 Å². The Morgan fingerprint density at radius 3 is 2.37 bits per heavy atom. The van der Waals surface area contributed by atoms with E-state index in [2.05, 4.69) is 48.3 Å². The van der Waals surface area contributed by atoms with Gasteiger partial charge in [-0.15, -0.1) is 0 Å². The molecule has 9 nitrogen and oxygen atoms in total. The van der Waals surface area contributed by atoms with Crippen LogP contribution >= 0.6 is 0 Å². The van der Waals surface area contributed by atoms with E-state index < -0.39 is 20.9 Å². The van der Waals surface area contributed by atoms with Crippen LogP contribution < -0.4 is 15.4 Å². The van der Waals surface area contributed by atoms with Crippen LogP contribution in [-0.2, 0) is 10.0 Å². The normalized spacial score (nSPS) is 24.0. The lowest BCUT2D eigenvalue weighted by Crippen LogP contribution is -2.58. The molecule has 4 fully saturated rings. The Hall–Kier alpha value is -3.92. The highest BCUT2D eigenvalue weighted by atomic mass is 32.2. The molecular weight excluding hydrogens is 600 g/mol. The second-order valence-electron chi connectivity index (χ2n) is 14.1. The molecule has 3 aromatic rings. The summed E-state index contributed by atoms with van der Waals surface area (Å²) in [5.74, 6) is 1.74. The Morgan fingerprint density at radius 2 is 1.70 bits per heavy atom. The summed E-state index contributed by atoms with van der Waals surface area (Å²) >= 11 is 0. The lowest BCUT2D eigenvalue weighted by molar-refractivity contribution is -0.384. The molecule has 2 bridgehead atoms. The van der Waals surface area contributed by atoms with Crippen molar-refractivity contribution in [2.75, 3.05) is 17.2 Å². The zero-order valence-electron chi connectivity index (χ0n) is 26.8. The lowest BCUT2D eigenvalue weighted by Gasteiger charge is -2.62. The zero-order chi connectivity index (χ0) is 32.6. The fraction of sp³-hybridized carbons (Fsp3) is 0.472. The number of hydrogen-bond acceptors (Lipinski definition) is 7. The topological polar surface area (TPSA) is 130 Å². The van der Waals surface area contributed by atoms with Crippen molar-refractivity contribution in [3.63, 3.8) is 0 Å². The maximum atomic E-state index is 13.1. The predicted octanol–water partition coefficient (Wildman–Crippen LogP) is 7.86. The minimum Gasteiger partial charge on any atom is -0.382 e. The SMILES string of the molecule is C[C@H]1[C@@H](Nc2cccc(-c3ccc(C(=O)NS(=O)(=O)c4ccc(NCC5CCCCC5)c([N+](=O)[O-])c4)cc3)c2)C[C@@H]2C[C@@H]1C2(C)C. The number of rotatable bonds is 10. The highest BCUT2D eigenvalue weighted by molar-refractivity contribution is 7.90. The van der Waals surface area contributed by atoms with Crippen molar-refractivity contribution >= 4 is 33.0 Å². The van der Waals surface area contributed by atoms with E-state index in [9.17, 15) is 23.3 Å². The van der Waals surface area contributed by atoms with E-state index in [1.165, 1.54) is 31.4 Å². The maximum absolute atomic E-state index is 13.1. The Bertz CT molecular complexity index is 1720. The third kappa shape index (κ3) is 6.49. The number of carbonyl (C=O) groups is 1. The van der Waals surface area contributed by atoms with Crippen LogP contribution in [0.3, 0.4) is 0 Å². The van der Waals surface area contributed by atoms with Gasteiger partial charge in [0.1, 0.15) is 5.69 Å². The van der Waals surface area contributed by atoms with Gasteiger partial charge >= 0.3 is 0 Å². The molecule has 0 aliphatic heterocycles. The van der Waals surface area contributed by atoms with Crippen molar-refractivity contribution in [1.82, 2.24) is 4.72 Å². The van der Waals surface area contributed by atoms with E-state index in [0.29, 0.717) is 29.8 Å². The summed E-state index contributed by atoms with van der Waals surface area (Å²) in [6.07, 6.45) is 8.17. The summed E-state index contributed by atoms with van der Waals surface area (Å²) in [5.41, 5.74) is 3.47. The van der Waals surface area contributed by atoms with Crippen LogP contribution in [0.2, 0.25) is 0 Å². The number of nitro groups is 1. The maximum Gasteiger partial charge on any atom is 0.293 e. The van der Waals surface area contributed by atoms with Gasteiger partial charge in [0.05, 0.1) is 9.82 Å². The van der Waals surface area contributed by atoms with Gasteiger partial charge < -0.3 is 10.6 Å².